The predicted molar refractivity (Wildman–Crippen MR) is 110 cm³/mol. The number of nitrogens with zero attached hydrogens (tertiary/aromatic N) is 4. The molecular formula is C18H31N5S2. The molecular weight excluding hydrogens is 350 g/mol. The number of rotatable bonds is 5. The van der Waals surface area contributed by atoms with Crippen LogP contribution in [0.3, 0.4) is 0 Å². The SMILES string of the molecule is CN=C(NCC1(N2CCSCC2)CCCC1)N(C)Cc1csc(C)n1. The lowest BCUT2D eigenvalue weighted by atomic mass is 9.94. The Morgan fingerprint density at radius 3 is 2.68 bits per heavy atom. The fourth-order valence-corrected chi connectivity index (χ4v) is 5.61. The van der Waals surface area contributed by atoms with E-state index < -0.39 is 0 Å². The lowest BCUT2D eigenvalue weighted by Gasteiger charge is -2.44. The molecule has 1 aliphatic carbocycles. The maximum absolute atomic E-state index is 4.58. The largest absolute Gasteiger partial charge is 0.354 e. The van der Waals surface area contributed by atoms with E-state index in [0.29, 0.717) is 5.54 Å². The first-order valence-corrected chi connectivity index (χ1v) is 11.3. The van der Waals surface area contributed by atoms with Gasteiger partial charge in [-0.05, 0) is 19.8 Å². The van der Waals surface area contributed by atoms with Crippen LogP contribution in [0.25, 0.3) is 0 Å². The van der Waals surface area contributed by atoms with E-state index in [4.69, 9.17) is 0 Å². The van der Waals surface area contributed by atoms with Crippen molar-refractivity contribution in [3.63, 3.8) is 0 Å². The molecule has 0 bridgehead atoms. The summed E-state index contributed by atoms with van der Waals surface area (Å²) < 4.78 is 0. The average Bonchev–Trinajstić information content (AvgIpc) is 3.26. The molecule has 1 aromatic heterocycles. The zero-order valence-corrected chi connectivity index (χ0v) is 17.4. The first-order valence-electron chi connectivity index (χ1n) is 9.28. The minimum Gasteiger partial charge on any atom is -0.354 e. The average molecular weight is 382 g/mol. The van der Waals surface area contributed by atoms with Crippen molar-refractivity contribution >= 4 is 29.1 Å². The smallest absolute Gasteiger partial charge is 0.193 e. The zero-order chi connectivity index (χ0) is 17.7. The number of hydrogen-bond acceptors (Lipinski definition) is 5. The molecule has 0 spiro atoms. The molecule has 25 heavy (non-hydrogen) atoms. The van der Waals surface area contributed by atoms with Crippen molar-refractivity contribution in [1.82, 2.24) is 20.1 Å². The van der Waals surface area contributed by atoms with Crippen LogP contribution in [-0.2, 0) is 6.54 Å². The van der Waals surface area contributed by atoms with Gasteiger partial charge in [-0.25, -0.2) is 4.98 Å². The summed E-state index contributed by atoms with van der Waals surface area (Å²) in [5.41, 5.74) is 1.45. The highest BCUT2D eigenvalue weighted by molar-refractivity contribution is 7.99. The molecule has 5 nitrogen and oxygen atoms in total. The van der Waals surface area contributed by atoms with Gasteiger partial charge in [-0.1, -0.05) is 12.8 Å². The molecule has 2 aliphatic rings. The highest BCUT2D eigenvalue weighted by atomic mass is 32.2. The van der Waals surface area contributed by atoms with Crippen LogP contribution < -0.4 is 5.32 Å². The van der Waals surface area contributed by atoms with Gasteiger partial charge in [0.05, 0.1) is 17.2 Å². The van der Waals surface area contributed by atoms with Crippen LogP contribution in [-0.4, -0.2) is 71.5 Å². The van der Waals surface area contributed by atoms with Gasteiger partial charge in [0, 0.05) is 56.2 Å². The van der Waals surface area contributed by atoms with E-state index in [0.717, 1.165) is 29.8 Å². The van der Waals surface area contributed by atoms with Crippen molar-refractivity contribution in [1.29, 1.82) is 0 Å². The van der Waals surface area contributed by atoms with Crippen LogP contribution in [0, 0.1) is 6.92 Å². The van der Waals surface area contributed by atoms with Crippen LogP contribution in [0.1, 0.15) is 36.4 Å². The van der Waals surface area contributed by atoms with Gasteiger partial charge < -0.3 is 10.2 Å². The summed E-state index contributed by atoms with van der Waals surface area (Å²) in [4.78, 5) is 14.0. The van der Waals surface area contributed by atoms with Crippen LogP contribution in [0.2, 0.25) is 0 Å². The normalized spacial score (nSPS) is 21.5. The van der Waals surface area contributed by atoms with Gasteiger partial charge >= 0.3 is 0 Å². The quantitative estimate of drug-likeness (QED) is 0.628. The summed E-state index contributed by atoms with van der Waals surface area (Å²) in [5, 5.41) is 6.95. The van der Waals surface area contributed by atoms with Crippen molar-refractivity contribution in [2.75, 3.05) is 45.2 Å². The number of thioether (sulfide) groups is 1. The molecule has 1 aliphatic heterocycles. The van der Waals surface area contributed by atoms with Crippen LogP contribution in [0.4, 0.5) is 0 Å². The van der Waals surface area contributed by atoms with E-state index >= 15 is 0 Å². The Bertz CT molecular complexity index is 574. The van der Waals surface area contributed by atoms with Gasteiger partial charge in [0.2, 0.25) is 0 Å². The van der Waals surface area contributed by atoms with Gasteiger partial charge in [-0.15, -0.1) is 11.3 Å². The topological polar surface area (TPSA) is 43.8 Å². The Kier molecular flexibility index (Phi) is 6.63. The van der Waals surface area contributed by atoms with E-state index in [2.05, 4.69) is 56.2 Å². The first-order chi connectivity index (χ1) is 12.1. The number of aromatic nitrogens is 1. The summed E-state index contributed by atoms with van der Waals surface area (Å²) in [7, 11) is 3.98. The number of thiazole rings is 1. The summed E-state index contributed by atoms with van der Waals surface area (Å²) >= 11 is 3.80. The van der Waals surface area contributed by atoms with E-state index in [1.807, 2.05) is 7.05 Å². The number of nitrogens with one attached hydrogen (secondary N) is 1. The maximum Gasteiger partial charge on any atom is 0.193 e. The second-order valence-corrected chi connectivity index (χ2v) is 9.43. The van der Waals surface area contributed by atoms with Crippen molar-refractivity contribution in [2.24, 2.45) is 4.99 Å². The Morgan fingerprint density at radius 1 is 1.36 bits per heavy atom. The molecule has 0 radical (unpaired) electrons. The third-order valence-corrected chi connectivity index (χ3v) is 7.20. The molecule has 1 saturated heterocycles. The Balaban J connectivity index is 1.60. The zero-order valence-electron chi connectivity index (χ0n) is 15.8. The monoisotopic (exact) mass is 381 g/mol. The second kappa shape index (κ2) is 8.73. The molecule has 2 fully saturated rings. The first kappa shape index (κ1) is 19.0. The standard InChI is InChI=1S/C18H31N5S2/c1-15-21-16(13-25-15)12-22(3)17(19-2)20-14-18(6-4-5-7-18)23-8-10-24-11-9-23/h13H,4-12,14H2,1-3H3,(H,19,20). The molecule has 7 heteroatoms. The molecule has 1 N–H and O–H groups in total. The Labute approximate surface area is 160 Å². The molecule has 3 rings (SSSR count). The van der Waals surface area contributed by atoms with Gasteiger partial charge in [0.15, 0.2) is 5.96 Å². The minimum absolute atomic E-state index is 0.328. The molecule has 140 valence electrons. The lowest BCUT2D eigenvalue weighted by molar-refractivity contribution is 0.106. The summed E-state index contributed by atoms with van der Waals surface area (Å²) in [5.74, 6) is 3.53. The molecule has 1 saturated carbocycles. The lowest BCUT2D eigenvalue weighted by Crippen LogP contribution is -2.57. The summed E-state index contributed by atoms with van der Waals surface area (Å²) in [6.07, 6.45) is 5.35. The van der Waals surface area contributed by atoms with Crippen molar-refractivity contribution in [2.45, 2.75) is 44.7 Å². The molecule has 0 atom stereocenters. The molecule has 1 aromatic rings. The third-order valence-electron chi connectivity index (χ3n) is 5.43. The minimum atomic E-state index is 0.328. The molecule has 2 heterocycles. The molecule has 0 unspecified atom stereocenters. The van der Waals surface area contributed by atoms with Crippen molar-refractivity contribution < 1.29 is 0 Å². The van der Waals surface area contributed by atoms with Crippen molar-refractivity contribution in [3.8, 4) is 0 Å². The number of guanidine groups is 1. The summed E-state index contributed by atoms with van der Waals surface area (Å²) in [6.45, 7) is 6.34. The van der Waals surface area contributed by atoms with Gasteiger partial charge in [-0.3, -0.25) is 9.89 Å². The van der Waals surface area contributed by atoms with E-state index in [1.54, 1.807) is 11.3 Å². The highest BCUT2D eigenvalue weighted by Crippen LogP contribution is 2.36. The Hall–Kier alpha value is -0.790. The van der Waals surface area contributed by atoms with Gasteiger partial charge in [0.25, 0.3) is 0 Å². The fourth-order valence-electron chi connectivity index (χ4n) is 4.10. The van der Waals surface area contributed by atoms with Gasteiger partial charge in [0.1, 0.15) is 0 Å². The highest BCUT2D eigenvalue weighted by Gasteiger charge is 2.40. The third kappa shape index (κ3) is 4.68. The summed E-state index contributed by atoms with van der Waals surface area (Å²) in [6, 6.07) is 0. The Morgan fingerprint density at radius 2 is 2.08 bits per heavy atom. The van der Waals surface area contributed by atoms with E-state index in [-0.39, 0.29) is 0 Å². The molecule has 0 aromatic carbocycles. The van der Waals surface area contributed by atoms with Crippen LogP contribution >= 0.6 is 23.1 Å². The fraction of sp³-hybridized carbons (Fsp3) is 0.778. The number of hydrogen-bond donors (Lipinski definition) is 1. The van der Waals surface area contributed by atoms with Crippen LogP contribution in [0.5, 0.6) is 0 Å². The van der Waals surface area contributed by atoms with E-state index in [1.165, 1.54) is 50.3 Å². The number of aliphatic imine (C=N–C) groups is 1. The predicted octanol–water partition coefficient (Wildman–Crippen LogP) is 2.82. The molecule has 0 amide bonds. The van der Waals surface area contributed by atoms with Gasteiger partial charge in [-0.2, -0.15) is 11.8 Å². The number of aryl methyl sites for hydroxylation is 1. The van der Waals surface area contributed by atoms with Crippen LogP contribution in [0.15, 0.2) is 10.4 Å². The maximum atomic E-state index is 4.58. The van der Waals surface area contributed by atoms with Crippen molar-refractivity contribution in [3.05, 3.63) is 16.1 Å². The second-order valence-electron chi connectivity index (χ2n) is 7.15. The van der Waals surface area contributed by atoms with E-state index in [9.17, 15) is 0 Å².